The highest BCUT2D eigenvalue weighted by Gasteiger charge is 2.17. The summed E-state index contributed by atoms with van der Waals surface area (Å²) in [6, 6.07) is 5.40. The van der Waals surface area contributed by atoms with Crippen LogP contribution in [-0.2, 0) is 14.8 Å². The molecule has 19 heavy (non-hydrogen) atoms. The third-order valence-corrected chi connectivity index (χ3v) is 3.61. The van der Waals surface area contributed by atoms with Crippen molar-refractivity contribution in [1.82, 2.24) is 9.62 Å². The number of carboxylic acids is 1. The molecule has 0 spiro atoms. The molecule has 8 heteroatoms. The fraction of sp³-hybridized carbons (Fsp3) is 0.273. The van der Waals surface area contributed by atoms with Gasteiger partial charge in [-0.1, -0.05) is 6.07 Å². The molecule has 0 unspecified atom stereocenters. The van der Waals surface area contributed by atoms with Crippen LogP contribution in [-0.4, -0.2) is 50.9 Å². The maximum atomic E-state index is 11.8. The van der Waals surface area contributed by atoms with Gasteiger partial charge in [0, 0.05) is 19.7 Å². The van der Waals surface area contributed by atoms with E-state index in [1.807, 2.05) is 4.72 Å². The lowest BCUT2D eigenvalue weighted by Gasteiger charge is -2.11. The summed E-state index contributed by atoms with van der Waals surface area (Å²) in [4.78, 5) is 23.2. The molecule has 0 aromatic heterocycles. The summed E-state index contributed by atoms with van der Waals surface area (Å²) >= 11 is 0. The Labute approximate surface area is 110 Å². The Hall–Kier alpha value is -1.93. The molecule has 1 rings (SSSR count). The van der Waals surface area contributed by atoms with Gasteiger partial charge in [-0.05, 0) is 18.2 Å². The number of carbonyl (C=O) groups is 2. The first-order valence-electron chi connectivity index (χ1n) is 5.27. The van der Waals surface area contributed by atoms with Gasteiger partial charge in [-0.2, -0.15) is 4.72 Å². The molecule has 0 aliphatic carbocycles. The molecular weight excluding hydrogens is 272 g/mol. The van der Waals surface area contributed by atoms with E-state index in [1.165, 1.54) is 29.2 Å². The third kappa shape index (κ3) is 4.04. The van der Waals surface area contributed by atoms with Crippen molar-refractivity contribution in [2.24, 2.45) is 0 Å². The van der Waals surface area contributed by atoms with Crippen LogP contribution in [0.1, 0.15) is 10.4 Å². The standard InChI is InChI=1S/C11H14N2O5S/c1-13(2)11(16)8-4-3-5-9(6-8)19(17,18)12-7-10(14)15/h3-6,12H,7H2,1-2H3,(H,14,15). The molecule has 1 aromatic carbocycles. The van der Waals surface area contributed by atoms with Gasteiger partial charge in [0.25, 0.3) is 5.91 Å². The average Bonchev–Trinajstić information content (AvgIpc) is 2.35. The summed E-state index contributed by atoms with van der Waals surface area (Å²) in [7, 11) is -0.843. The van der Waals surface area contributed by atoms with Crippen molar-refractivity contribution in [3.05, 3.63) is 29.8 Å². The van der Waals surface area contributed by atoms with Crippen molar-refractivity contribution >= 4 is 21.9 Å². The van der Waals surface area contributed by atoms with Crippen molar-refractivity contribution in [2.75, 3.05) is 20.6 Å². The number of amides is 1. The smallest absolute Gasteiger partial charge is 0.318 e. The predicted molar refractivity (Wildman–Crippen MR) is 67.3 cm³/mol. The van der Waals surface area contributed by atoms with Gasteiger partial charge in [-0.15, -0.1) is 0 Å². The summed E-state index contributed by atoms with van der Waals surface area (Å²) in [5.41, 5.74) is 0.211. The molecule has 2 N–H and O–H groups in total. The second-order valence-corrected chi connectivity index (χ2v) is 5.71. The second kappa shape index (κ2) is 5.81. The van der Waals surface area contributed by atoms with Gasteiger partial charge in [-0.25, -0.2) is 8.42 Å². The molecule has 0 aliphatic rings. The highest BCUT2D eigenvalue weighted by atomic mass is 32.2. The zero-order valence-corrected chi connectivity index (χ0v) is 11.3. The molecule has 0 atom stereocenters. The van der Waals surface area contributed by atoms with E-state index in [4.69, 9.17) is 5.11 Å². The van der Waals surface area contributed by atoms with Crippen LogP contribution in [0.5, 0.6) is 0 Å². The molecule has 0 aliphatic heterocycles. The highest BCUT2D eigenvalue weighted by Crippen LogP contribution is 2.12. The van der Waals surface area contributed by atoms with E-state index < -0.39 is 22.5 Å². The monoisotopic (exact) mass is 286 g/mol. The molecule has 0 saturated heterocycles. The Balaban J connectivity index is 3.05. The molecule has 0 radical (unpaired) electrons. The first-order valence-corrected chi connectivity index (χ1v) is 6.75. The number of aliphatic carboxylic acids is 1. The first kappa shape index (κ1) is 15.1. The number of hydrogen-bond acceptors (Lipinski definition) is 4. The summed E-state index contributed by atoms with van der Waals surface area (Å²) in [5, 5.41) is 8.45. The molecule has 0 heterocycles. The van der Waals surface area contributed by atoms with Gasteiger partial charge in [-0.3, -0.25) is 9.59 Å². The number of carbonyl (C=O) groups excluding carboxylic acids is 1. The number of nitrogens with zero attached hydrogens (tertiary/aromatic N) is 1. The lowest BCUT2D eigenvalue weighted by molar-refractivity contribution is -0.135. The predicted octanol–water partition coefficient (Wildman–Crippen LogP) is -0.249. The molecule has 1 aromatic rings. The van der Waals surface area contributed by atoms with Gasteiger partial charge in [0.2, 0.25) is 10.0 Å². The molecule has 1 amide bonds. The quantitative estimate of drug-likeness (QED) is 0.777. The van der Waals surface area contributed by atoms with Crippen molar-refractivity contribution in [2.45, 2.75) is 4.90 Å². The van der Waals surface area contributed by atoms with Gasteiger partial charge in [0.05, 0.1) is 4.90 Å². The van der Waals surface area contributed by atoms with Crippen molar-refractivity contribution in [3.63, 3.8) is 0 Å². The van der Waals surface area contributed by atoms with Crippen LogP contribution in [0, 0.1) is 0 Å². The normalized spacial score (nSPS) is 11.1. The molecule has 0 fully saturated rings. The maximum Gasteiger partial charge on any atom is 0.318 e. The summed E-state index contributed by atoms with van der Waals surface area (Å²) in [6.07, 6.45) is 0. The van der Waals surface area contributed by atoms with E-state index in [0.717, 1.165) is 0 Å². The second-order valence-electron chi connectivity index (χ2n) is 3.95. The Bertz CT molecular complexity index is 595. The van der Waals surface area contributed by atoms with Crippen LogP contribution in [0.3, 0.4) is 0 Å². The lowest BCUT2D eigenvalue weighted by Crippen LogP contribution is -2.29. The molecule has 104 valence electrons. The van der Waals surface area contributed by atoms with Crippen LogP contribution in [0.4, 0.5) is 0 Å². The summed E-state index contributed by atoms with van der Waals surface area (Å²) < 4.78 is 25.5. The number of hydrogen-bond donors (Lipinski definition) is 2. The van der Waals surface area contributed by atoms with Gasteiger partial charge < -0.3 is 10.0 Å². The largest absolute Gasteiger partial charge is 0.480 e. The topological polar surface area (TPSA) is 104 Å². The maximum absolute atomic E-state index is 11.8. The van der Waals surface area contributed by atoms with Gasteiger partial charge in [0.15, 0.2) is 0 Å². The van der Waals surface area contributed by atoms with E-state index in [1.54, 1.807) is 14.1 Å². The van der Waals surface area contributed by atoms with E-state index in [0.29, 0.717) is 0 Å². The number of carboxylic acid groups (broad SMARTS) is 1. The van der Waals surface area contributed by atoms with E-state index >= 15 is 0 Å². The zero-order chi connectivity index (χ0) is 14.6. The fourth-order valence-electron chi connectivity index (χ4n) is 1.29. The summed E-state index contributed by atoms with van der Waals surface area (Å²) in [6.45, 7) is -0.714. The van der Waals surface area contributed by atoms with Crippen LogP contribution in [0.25, 0.3) is 0 Å². The first-order chi connectivity index (χ1) is 8.74. The Morgan fingerprint density at radius 2 is 1.95 bits per heavy atom. The Morgan fingerprint density at radius 1 is 1.32 bits per heavy atom. The number of benzene rings is 1. The third-order valence-electron chi connectivity index (χ3n) is 2.21. The molecule has 0 bridgehead atoms. The van der Waals surface area contributed by atoms with Crippen LogP contribution < -0.4 is 4.72 Å². The van der Waals surface area contributed by atoms with Crippen LogP contribution in [0.2, 0.25) is 0 Å². The zero-order valence-electron chi connectivity index (χ0n) is 10.5. The minimum atomic E-state index is -3.94. The average molecular weight is 286 g/mol. The van der Waals surface area contributed by atoms with Gasteiger partial charge in [0.1, 0.15) is 6.54 Å². The van der Waals surface area contributed by atoms with Crippen molar-refractivity contribution in [3.8, 4) is 0 Å². The molecular formula is C11H14N2O5S. The number of nitrogens with one attached hydrogen (secondary N) is 1. The minimum absolute atomic E-state index is 0.151. The van der Waals surface area contributed by atoms with Gasteiger partial charge >= 0.3 is 5.97 Å². The molecule has 0 saturated carbocycles. The van der Waals surface area contributed by atoms with Crippen LogP contribution >= 0.6 is 0 Å². The summed E-state index contributed by atoms with van der Waals surface area (Å²) in [5.74, 6) is -1.63. The van der Waals surface area contributed by atoms with Crippen molar-refractivity contribution < 1.29 is 23.1 Å². The fourth-order valence-corrected chi connectivity index (χ4v) is 2.31. The SMILES string of the molecule is CN(C)C(=O)c1cccc(S(=O)(=O)NCC(=O)O)c1. The van der Waals surface area contributed by atoms with Crippen LogP contribution in [0.15, 0.2) is 29.2 Å². The van der Waals surface area contributed by atoms with Crippen molar-refractivity contribution in [1.29, 1.82) is 0 Å². The van der Waals surface area contributed by atoms with E-state index in [2.05, 4.69) is 0 Å². The van der Waals surface area contributed by atoms with E-state index in [-0.39, 0.29) is 16.4 Å². The number of sulfonamides is 1. The molecule has 7 nitrogen and oxygen atoms in total. The highest BCUT2D eigenvalue weighted by molar-refractivity contribution is 7.89. The minimum Gasteiger partial charge on any atom is -0.480 e. The number of rotatable bonds is 5. The lowest BCUT2D eigenvalue weighted by atomic mass is 10.2. The Kier molecular flexibility index (Phi) is 4.62. The van der Waals surface area contributed by atoms with E-state index in [9.17, 15) is 18.0 Å². The Morgan fingerprint density at radius 3 is 2.47 bits per heavy atom.